The van der Waals surface area contributed by atoms with Crippen LogP contribution in [0.1, 0.15) is 23.2 Å². The van der Waals surface area contributed by atoms with Gasteiger partial charge < -0.3 is 20.1 Å². The summed E-state index contributed by atoms with van der Waals surface area (Å²) in [6.45, 7) is 0.368. The van der Waals surface area contributed by atoms with Crippen molar-refractivity contribution in [2.45, 2.75) is 12.8 Å². The minimum absolute atomic E-state index is 0.125. The number of carbonyl (C=O) groups excluding carboxylic acids is 2. The first-order valence-corrected chi connectivity index (χ1v) is 8.47. The Hall–Kier alpha value is -2.73. The molecule has 0 aliphatic heterocycles. The summed E-state index contributed by atoms with van der Waals surface area (Å²) in [7, 11) is 2.99. The molecule has 138 valence electrons. The Kier molecular flexibility index (Phi) is 7.29. The van der Waals surface area contributed by atoms with Gasteiger partial charge in [-0.3, -0.25) is 9.59 Å². The van der Waals surface area contributed by atoms with Crippen LogP contribution in [0.25, 0.3) is 0 Å². The van der Waals surface area contributed by atoms with Crippen molar-refractivity contribution in [3.05, 3.63) is 53.1 Å². The number of hydrogen-bond donors (Lipinski definition) is 2. The van der Waals surface area contributed by atoms with Crippen molar-refractivity contribution < 1.29 is 19.1 Å². The topological polar surface area (TPSA) is 76.7 Å². The van der Waals surface area contributed by atoms with E-state index in [4.69, 9.17) is 21.1 Å². The molecule has 7 heteroatoms. The molecule has 0 heterocycles. The molecule has 0 radical (unpaired) electrons. The molecule has 0 saturated carbocycles. The number of carbonyl (C=O) groups is 2. The summed E-state index contributed by atoms with van der Waals surface area (Å²) in [5, 5.41) is 6.17. The van der Waals surface area contributed by atoms with Gasteiger partial charge in [0.15, 0.2) is 11.5 Å². The number of rotatable bonds is 8. The monoisotopic (exact) mass is 376 g/mol. The van der Waals surface area contributed by atoms with Crippen LogP contribution >= 0.6 is 11.6 Å². The summed E-state index contributed by atoms with van der Waals surface area (Å²) < 4.78 is 10.4. The molecule has 0 atom stereocenters. The van der Waals surface area contributed by atoms with Gasteiger partial charge in [0, 0.05) is 23.7 Å². The highest BCUT2D eigenvalue weighted by atomic mass is 35.5. The number of anilines is 1. The Labute approximate surface area is 157 Å². The number of benzene rings is 2. The molecule has 2 aromatic rings. The van der Waals surface area contributed by atoms with Crippen molar-refractivity contribution in [2.24, 2.45) is 0 Å². The van der Waals surface area contributed by atoms with E-state index in [2.05, 4.69) is 10.6 Å². The summed E-state index contributed by atoms with van der Waals surface area (Å²) in [4.78, 5) is 24.2. The predicted molar refractivity (Wildman–Crippen MR) is 101 cm³/mol. The summed E-state index contributed by atoms with van der Waals surface area (Å²) in [6, 6.07) is 12.0. The van der Waals surface area contributed by atoms with Crippen LogP contribution in [0.3, 0.4) is 0 Å². The van der Waals surface area contributed by atoms with Gasteiger partial charge in [0.05, 0.1) is 19.8 Å². The molecule has 0 bridgehead atoms. The molecule has 0 saturated heterocycles. The zero-order valence-electron chi connectivity index (χ0n) is 14.7. The van der Waals surface area contributed by atoms with E-state index in [1.165, 1.54) is 14.2 Å². The standard InChI is InChI=1S/C19H21ClN2O4/c1-25-16-6-3-5-15(18(16)26-2)19(24)21-12-4-7-17(23)22-14-10-8-13(20)9-11-14/h3,5-6,8-11H,4,7,12H2,1-2H3,(H,21,24)(H,22,23). The van der Waals surface area contributed by atoms with E-state index < -0.39 is 0 Å². The lowest BCUT2D eigenvalue weighted by atomic mass is 10.1. The third kappa shape index (κ3) is 5.39. The van der Waals surface area contributed by atoms with Gasteiger partial charge in [-0.05, 0) is 42.8 Å². The highest BCUT2D eigenvalue weighted by Gasteiger charge is 2.15. The van der Waals surface area contributed by atoms with E-state index in [9.17, 15) is 9.59 Å². The molecular formula is C19H21ClN2O4. The highest BCUT2D eigenvalue weighted by Crippen LogP contribution is 2.30. The van der Waals surface area contributed by atoms with Gasteiger partial charge in [-0.1, -0.05) is 17.7 Å². The highest BCUT2D eigenvalue weighted by molar-refractivity contribution is 6.30. The van der Waals surface area contributed by atoms with Crippen LogP contribution in [0.2, 0.25) is 5.02 Å². The summed E-state index contributed by atoms with van der Waals surface area (Å²) >= 11 is 5.80. The minimum atomic E-state index is -0.279. The quantitative estimate of drug-likeness (QED) is 0.691. The maximum atomic E-state index is 12.3. The largest absolute Gasteiger partial charge is 0.493 e. The first-order chi connectivity index (χ1) is 12.5. The fourth-order valence-corrected chi connectivity index (χ4v) is 2.49. The molecule has 2 aromatic carbocycles. The average Bonchev–Trinajstić information content (AvgIpc) is 2.66. The van der Waals surface area contributed by atoms with Crippen LogP contribution in [0, 0.1) is 0 Å². The van der Waals surface area contributed by atoms with Crippen LogP contribution in [0.5, 0.6) is 11.5 Å². The number of halogens is 1. The first-order valence-electron chi connectivity index (χ1n) is 8.09. The number of hydrogen-bond acceptors (Lipinski definition) is 4. The van der Waals surface area contributed by atoms with E-state index in [1.807, 2.05) is 0 Å². The predicted octanol–water partition coefficient (Wildman–Crippen LogP) is 3.51. The number of ether oxygens (including phenoxy) is 2. The normalized spacial score (nSPS) is 10.1. The summed E-state index contributed by atoms with van der Waals surface area (Å²) in [5.74, 6) is 0.467. The molecule has 26 heavy (non-hydrogen) atoms. The van der Waals surface area contributed by atoms with Crippen molar-refractivity contribution in [1.82, 2.24) is 5.32 Å². The molecule has 0 aliphatic carbocycles. The van der Waals surface area contributed by atoms with Crippen molar-refractivity contribution in [3.63, 3.8) is 0 Å². The lowest BCUT2D eigenvalue weighted by Crippen LogP contribution is -2.26. The van der Waals surface area contributed by atoms with Gasteiger partial charge in [-0.2, -0.15) is 0 Å². The Morgan fingerprint density at radius 2 is 1.77 bits per heavy atom. The Balaban J connectivity index is 1.80. The van der Waals surface area contributed by atoms with E-state index >= 15 is 0 Å². The molecule has 0 aliphatic rings. The van der Waals surface area contributed by atoms with Gasteiger partial charge in [-0.15, -0.1) is 0 Å². The number of nitrogens with one attached hydrogen (secondary N) is 2. The molecule has 0 aromatic heterocycles. The fourth-order valence-electron chi connectivity index (χ4n) is 2.37. The lowest BCUT2D eigenvalue weighted by molar-refractivity contribution is -0.116. The molecular weight excluding hydrogens is 356 g/mol. The molecule has 0 spiro atoms. The van der Waals surface area contributed by atoms with Crippen LogP contribution in [0.4, 0.5) is 5.69 Å². The van der Waals surface area contributed by atoms with Gasteiger partial charge in [0.25, 0.3) is 5.91 Å². The van der Waals surface area contributed by atoms with Crippen molar-refractivity contribution in [2.75, 3.05) is 26.1 Å². The Morgan fingerprint density at radius 1 is 1.04 bits per heavy atom. The average molecular weight is 377 g/mol. The summed E-state index contributed by atoms with van der Waals surface area (Å²) in [5.41, 5.74) is 1.07. The molecule has 0 fully saturated rings. The molecule has 0 unspecified atom stereocenters. The summed E-state index contributed by atoms with van der Waals surface area (Å²) in [6.07, 6.45) is 0.801. The molecule has 2 rings (SSSR count). The molecule has 6 nitrogen and oxygen atoms in total. The number of amides is 2. The third-order valence-electron chi connectivity index (χ3n) is 3.64. The second kappa shape index (κ2) is 9.68. The van der Waals surface area contributed by atoms with Gasteiger partial charge >= 0.3 is 0 Å². The minimum Gasteiger partial charge on any atom is -0.493 e. The van der Waals surface area contributed by atoms with Crippen molar-refractivity contribution in [3.8, 4) is 11.5 Å². The SMILES string of the molecule is COc1cccc(C(=O)NCCCC(=O)Nc2ccc(Cl)cc2)c1OC. The third-order valence-corrected chi connectivity index (χ3v) is 3.89. The van der Waals surface area contributed by atoms with Gasteiger partial charge in [-0.25, -0.2) is 0 Å². The zero-order chi connectivity index (χ0) is 18.9. The van der Waals surface area contributed by atoms with E-state index in [0.29, 0.717) is 40.7 Å². The second-order valence-corrected chi connectivity index (χ2v) is 5.89. The second-order valence-electron chi connectivity index (χ2n) is 5.46. The Bertz CT molecular complexity index is 763. The number of para-hydroxylation sites is 1. The van der Waals surface area contributed by atoms with E-state index in [-0.39, 0.29) is 18.2 Å². The Morgan fingerprint density at radius 3 is 2.42 bits per heavy atom. The maximum Gasteiger partial charge on any atom is 0.255 e. The smallest absolute Gasteiger partial charge is 0.255 e. The van der Waals surface area contributed by atoms with Crippen LogP contribution in [-0.4, -0.2) is 32.6 Å². The van der Waals surface area contributed by atoms with Crippen LogP contribution in [0.15, 0.2) is 42.5 Å². The fraction of sp³-hybridized carbons (Fsp3) is 0.263. The van der Waals surface area contributed by atoms with Crippen LogP contribution < -0.4 is 20.1 Å². The molecule has 2 amide bonds. The van der Waals surface area contributed by atoms with Crippen molar-refractivity contribution in [1.29, 1.82) is 0 Å². The lowest BCUT2D eigenvalue weighted by Gasteiger charge is -2.12. The van der Waals surface area contributed by atoms with E-state index in [1.54, 1.807) is 42.5 Å². The van der Waals surface area contributed by atoms with Gasteiger partial charge in [0.2, 0.25) is 5.91 Å². The first kappa shape index (κ1) is 19.6. The number of methoxy groups -OCH3 is 2. The van der Waals surface area contributed by atoms with E-state index in [0.717, 1.165) is 0 Å². The van der Waals surface area contributed by atoms with Crippen molar-refractivity contribution >= 4 is 29.1 Å². The molecule has 2 N–H and O–H groups in total. The van der Waals surface area contributed by atoms with Gasteiger partial charge in [0.1, 0.15) is 0 Å². The van der Waals surface area contributed by atoms with Crippen LogP contribution in [-0.2, 0) is 4.79 Å². The zero-order valence-corrected chi connectivity index (χ0v) is 15.4. The maximum absolute atomic E-state index is 12.3.